The summed E-state index contributed by atoms with van der Waals surface area (Å²) < 4.78 is 4.69. The molecule has 1 rings (SSSR count). The SMILES string of the molecule is CCCC=C1C(=O)CC(C)(C)C(C(=O)OC)C1=O. The monoisotopic (exact) mass is 252 g/mol. The van der Waals surface area contributed by atoms with Crippen molar-refractivity contribution in [3.63, 3.8) is 0 Å². The van der Waals surface area contributed by atoms with Gasteiger partial charge in [0.15, 0.2) is 11.6 Å². The van der Waals surface area contributed by atoms with Crippen LogP contribution in [-0.4, -0.2) is 24.6 Å². The number of ketones is 2. The molecule has 18 heavy (non-hydrogen) atoms. The van der Waals surface area contributed by atoms with E-state index in [0.29, 0.717) is 6.42 Å². The van der Waals surface area contributed by atoms with Gasteiger partial charge in [0.25, 0.3) is 0 Å². The van der Waals surface area contributed by atoms with E-state index in [1.807, 2.05) is 6.92 Å². The Morgan fingerprint density at radius 2 is 2.06 bits per heavy atom. The second-order valence-corrected chi connectivity index (χ2v) is 5.32. The zero-order chi connectivity index (χ0) is 13.9. The minimum atomic E-state index is -0.872. The minimum absolute atomic E-state index is 0.168. The number of unbranched alkanes of at least 4 members (excludes halogenated alkanes) is 1. The number of Topliss-reactive ketones (excluding diaryl/α,β-unsaturated/α-hetero) is 2. The number of rotatable bonds is 3. The molecule has 4 heteroatoms. The molecule has 0 aromatic rings. The Morgan fingerprint density at radius 3 is 2.56 bits per heavy atom. The summed E-state index contributed by atoms with van der Waals surface area (Å²) >= 11 is 0. The molecule has 0 bridgehead atoms. The minimum Gasteiger partial charge on any atom is -0.468 e. The van der Waals surface area contributed by atoms with Gasteiger partial charge >= 0.3 is 5.97 Å². The Balaban J connectivity index is 3.13. The first-order valence-corrected chi connectivity index (χ1v) is 6.20. The number of carbonyl (C=O) groups is 3. The number of ether oxygens (including phenoxy) is 1. The summed E-state index contributed by atoms with van der Waals surface area (Å²) in [6.07, 6.45) is 3.38. The van der Waals surface area contributed by atoms with Crippen LogP contribution in [0, 0.1) is 11.3 Å². The average molecular weight is 252 g/mol. The molecule has 0 aliphatic heterocycles. The summed E-state index contributed by atoms with van der Waals surface area (Å²) in [5, 5.41) is 0. The molecule has 4 nitrogen and oxygen atoms in total. The van der Waals surface area contributed by atoms with Crippen LogP contribution in [0.1, 0.15) is 40.0 Å². The van der Waals surface area contributed by atoms with E-state index in [-0.39, 0.29) is 17.8 Å². The molecule has 0 heterocycles. The highest BCUT2D eigenvalue weighted by Gasteiger charge is 2.49. The Kier molecular flexibility index (Phi) is 4.43. The molecule has 0 aromatic carbocycles. The van der Waals surface area contributed by atoms with Crippen LogP contribution in [0.15, 0.2) is 11.6 Å². The van der Waals surface area contributed by atoms with Crippen molar-refractivity contribution in [1.82, 2.24) is 0 Å². The summed E-state index contributed by atoms with van der Waals surface area (Å²) in [6.45, 7) is 5.47. The third-order valence-electron chi connectivity index (χ3n) is 3.30. The van der Waals surface area contributed by atoms with E-state index in [2.05, 4.69) is 4.74 Å². The Labute approximate surface area is 107 Å². The van der Waals surface area contributed by atoms with Gasteiger partial charge in [0, 0.05) is 6.42 Å². The van der Waals surface area contributed by atoms with E-state index >= 15 is 0 Å². The topological polar surface area (TPSA) is 60.4 Å². The van der Waals surface area contributed by atoms with Gasteiger partial charge in [-0.2, -0.15) is 0 Å². The fraction of sp³-hybridized carbons (Fsp3) is 0.643. The van der Waals surface area contributed by atoms with Gasteiger partial charge in [0.1, 0.15) is 5.92 Å². The van der Waals surface area contributed by atoms with Gasteiger partial charge in [-0.25, -0.2) is 0 Å². The van der Waals surface area contributed by atoms with Crippen LogP contribution < -0.4 is 0 Å². The van der Waals surface area contributed by atoms with Crippen LogP contribution in [-0.2, 0) is 19.1 Å². The lowest BCUT2D eigenvalue weighted by Gasteiger charge is -2.35. The molecule has 0 spiro atoms. The van der Waals surface area contributed by atoms with Crippen molar-refractivity contribution in [1.29, 1.82) is 0 Å². The van der Waals surface area contributed by atoms with E-state index in [0.717, 1.165) is 6.42 Å². The summed E-state index contributed by atoms with van der Waals surface area (Å²) in [6, 6.07) is 0. The molecule has 1 saturated carbocycles. The van der Waals surface area contributed by atoms with E-state index < -0.39 is 23.1 Å². The molecule has 0 radical (unpaired) electrons. The third kappa shape index (κ3) is 2.68. The van der Waals surface area contributed by atoms with Crippen molar-refractivity contribution in [3.8, 4) is 0 Å². The predicted molar refractivity (Wildman–Crippen MR) is 66.9 cm³/mol. The number of hydrogen-bond donors (Lipinski definition) is 0. The third-order valence-corrected chi connectivity index (χ3v) is 3.30. The quantitative estimate of drug-likeness (QED) is 0.334. The van der Waals surface area contributed by atoms with Gasteiger partial charge < -0.3 is 4.74 Å². The van der Waals surface area contributed by atoms with Gasteiger partial charge in [-0.1, -0.05) is 33.3 Å². The van der Waals surface area contributed by atoms with E-state index in [4.69, 9.17) is 0 Å². The van der Waals surface area contributed by atoms with Crippen molar-refractivity contribution in [2.45, 2.75) is 40.0 Å². The zero-order valence-corrected chi connectivity index (χ0v) is 11.4. The molecule has 0 saturated heterocycles. The lowest BCUT2D eigenvalue weighted by atomic mass is 9.66. The van der Waals surface area contributed by atoms with Gasteiger partial charge in [-0.3, -0.25) is 14.4 Å². The van der Waals surface area contributed by atoms with Crippen LogP contribution in [0.5, 0.6) is 0 Å². The van der Waals surface area contributed by atoms with E-state index in [9.17, 15) is 14.4 Å². The highest BCUT2D eigenvalue weighted by atomic mass is 16.5. The van der Waals surface area contributed by atoms with Crippen LogP contribution >= 0.6 is 0 Å². The largest absolute Gasteiger partial charge is 0.468 e. The predicted octanol–water partition coefficient (Wildman–Crippen LogP) is 2.07. The maximum absolute atomic E-state index is 12.3. The standard InChI is InChI=1S/C14H20O4/c1-5-6-7-9-10(15)8-14(2,3)11(12(9)16)13(17)18-4/h7,11H,5-6,8H2,1-4H3. The van der Waals surface area contributed by atoms with Crippen LogP contribution in [0.2, 0.25) is 0 Å². The molecule has 1 aliphatic rings. The molecular weight excluding hydrogens is 232 g/mol. The fourth-order valence-electron chi connectivity index (χ4n) is 2.31. The summed E-state index contributed by atoms with van der Waals surface area (Å²) in [4.78, 5) is 35.9. The van der Waals surface area contributed by atoms with Crippen molar-refractivity contribution < 1.29 is 19.1 Å². The fourth-order valence-corrected chi connectivity index (χ4v) is 2.31. The number of allylic oxidation sites excluding steroid dienone is 2. The maximum atomic E-state index is 12.3. The second-order valence-electron chi connectivity index (χ2n) is 5.32. The van der Waals surface area contributed by atoms with Crippen LogP contribution in [0.25, 0.3) is 0 Å². The van der Waals surface area contributed by atoms with Crippen molar-refractivity contribution >= 4 is 17.5 Å². The van der Waals surface area contributed by atoms with Gasteiger partial charge in [-0.05, 0) is 11.8 Å². The molecule has 0 N–H and O–H groups in total. The smallest absolute Gasteiger partial charge is 0.317 e. The number of methoxy groups -OCH3 is 1. The van der Waals surface area contributed by atoms with E-state index in [1.54, 1.807) is 19.9 Å². The summed E-state index contributed by atoms with van der Waals surface area (Å²) in [5.41, 5.74) is -0.503. The van der Waals surface area contributed by atoms with Gasteiger partial charge in [-0.15, -0.1) is 0 Å². The summed E-state index contributed by atoms with van der Waals surface area (Å²) in [5.74, 6) is -1.99. The Morgan fingerprint density at radius 1 is 1.44 bits per heavy atom. The first-order chi connectivity index (χ1) is 8.35. The molecule has 0 amide bonds. The molecule has 1 unspecified atom stereocenters. The van der Waals surface area contributed by atoms with Gasteiger partial charge in [0.2, 0.25) is 0 Å². The number of carbonyl (C=O) groups excluding carboxylic acids is 3. The van der Waals surface area contributed by atoms with E-state index in [1.165, 1.54) is 7.11 Å². The van der Waals surface area contributed by atoms with Gasteiger partial charge in [0.05, 0.1) is 12.7 Å². The van der Waals surface area contributed by atoms with Crippen molar-refractivity contribution in [2.24, 2.45) is 11.3 Å². The molecule has 1 fully saturated rings. The Bertz CT molecular complexity index is 404. The molecule has 1 atom stereocenters. The van der Waals surface area contributed by atoms with Crippen LogP contribution in [0.4, 0.5) is 0 Å². The average Bonchev–Trinajstić information content (AvgIpc) is 2.26. The normalized spacial score (nSPS) is 25.3. The first kappa shape index (κ1) is 14.6. The number of esters is 1. The molecule has 1 aliphatic carbocycles. The van der Waals surface area contributed by atoms with Crippen LogP contribution in [0.3, 0.4) is 0 Å². The molecular formula is C14H20O4. The summed E-state index contributed by atoms with van der Waals surface area (Å²) in [7, 11) is 1.26. The highest BCUT2D eigenvalue weighted by molar-refractivity contribution is 6.27. The Hall–Kier alpha value is -1.45. The first-order valence-electron chi connectivity index (χ1n) is 6.20. The zero-order valence-electron chi connectivity index (χ0n) is 11.4. The number of hydrogen-bond acceptors (Lipinski definition) is 4. The van der Waals surface area contributed by atoms with Crippen molar-refractivity contribution in [2.75, 3.05) is 7.11 Å². The lowest BCUT2D eigenvalue weighted by Crippen LogP contribution is -2.45. The maximum Gasteiger partial charge on any atom is 0.317 e. The second kappa shape index (κ2) is 5.46. The highest BCUT2D eigenvalue weighted by Crippen LogP contribution is 2.39. The lowest BCUT2D eigenvalue weighted by molar-refractivity contribution is -0.155. The molecule has 0 aromatic heterocycles. The molecule has 100 valence electrons. The van der Waals surface area contributed by atoms with Crippen molar-refractivity contribution in [3.05, 3.63) is 11.6 Å².